The summed E-state index contributed by atoms with van der Waals surface area (Å²) in [7, 11) is 1.81. The molecule has 108 valence electrons. The van der Waals surface area contributed by atoms with E-state index in [0.717, 1.165) is 20.3 Å². The number of anilines is 2. The molecule has 0 atom stereocenters. The zero-order valence-corrected chi connectivity index (χ0v) is 13.9. The summed E-state index contributed by atoms with van der Waals surface area (Å²) in [6, 6.07) is 5.79. The zero-order chi connectivity index (χ0) is 15.1. The minimum Gasteiger partial charge on any atom is -0.397 e. The maximum Gasteiger partial charge on any atom is 0.267 e. The molecule has 0 unspecified atom stereocenters. The Morgan fingerprint density at radius 3 is 2.86 bits per heavy atom. The first kappa shape index (κ1) is 14.1. The lowest BCUT2D eigenvalue weighted by molar-refractivity contribution is 0.103. The number of hydrogen-bond acceptors (Lipinski definition) is 4. The van der Waals surface area contributed by atoms with Crippen LogP contribution >= 0.6 is 27.3 Å². The summed E-state index contributed by atoms with van der Waals surface area (Å²) in [4.78, 5) is 13.0. The van der Waals surface area contributed by atoms with Gasteiger partial charge in [0.1, 0.15) is 4.88 Å². The fraction of sp³-hybridized carbons (Fsp3) is 0.143. The van der Waals surface area contributed by atoms with Crippen LogP contribution in [-0.2, 0) is 7.05 Å². The van der Waals surface area contributed by atoms with Crippen LogP contribution in [0.1, 0.15) is 15.4 Å². The highest BCUT2D eigenvalue weighted by molar-refractivity contribution is 9.10. The van der Waals surface area contributed by atoms with Crippen LogP contribution in [-0.4, -0.2) is 15.7 Å². The molecule has 1 amide bonds. The second-order valence-electron chi connectivity index (χ2n) is 4.71. The molecule has 2 aromatic heterocycles. The largest absolute Gasteiger partial charge is 0.397 e. The molecule has 0 saturated carbocycles. The SMILES string of the molecule is Cc1nn(C)cc1NC(=O)c1sc2cccc(Br)c2c1N. The molecule has 7 heteroatoms. The Balaban J connectivity index is 2.00. The minimum atomic E-state index is -0.211. The average Bonchev–Trinajstić information content (AvgIpc) is 2.91. The van der Waals surface area contributed by atoms with Crippen LogP contribution in [0.4, 0.5) is 11.4 Å². The molecule has 3 aromatic rings. The summed E-state index contributed by atoms with van der Waals surface area (Å²) in [5.74, 6) is -0.211. The Bertz CT molecular complexity index is 852. The molecule has 0 fully saturated rings. The Morgan fingerprint density at radius 2 is 2.24 bits per heavy atom. The molecule has 0 bridgehead atoms. The van der Waals surface area contributed by atoms with Gasteiger partial charge in [0.15, 0.2) is 0 Å². The lowest BCUT2D eigenvalue weighted by Crippen LogP contribution is -2.12. The molecule has 3 rings (SSSR count). The number of halogens is 1. The fourth-order valence-electron chi connectivity index (χ4n) is 2.20. The maximum atomic E-state index is 12.4. The number of nitrogens with zero attached hydrogens (tertiary/aromatic N) is 2. The number of benzene rings is 1. The van der Waals surface area contributed by atoms with Gasteiger partial charge in [0.2, 0.25) is 0 Å². The molecule has 3 N–H and O–H groups in total. The van der Waals surface area contributed by atoms with Crippen molar-refractivity contribution >= 4 is 54.6 Å². The third kappa shape index (κ3) is 2.43. The van der Waals surface area contributed by atoms with E-state index in [4.69, 9.17) is 5.73 Å². The Kier molecular flexibility index (Phi) is 3.46. The summed E-state index contributed by atoms with van der Waals surface area (Å²) in [6.07, 6.45) is 1.77. The van der Waals surface area contributed by atoms with Gasteiger partial charge < -0.3 is 11.1 Å². The quantitative estimate of drug-likeness (QED) is 0.730. The summed E-state index contributed by atoms with van der Waals surface area (Å²) in [5.41, 5.74) is 8.10. The van der Waals surface area contributed by atoms with Crippen molar-refractivity contribution in [3.63, 3.8) is 0 Å². The van der Waals surface area contributed by atoms with Gasteiger partial charge in [-0.05, 0) is 19.1 Å². The summed E-state index contributed by atoms with van der Waals surface area (Å²) >= 11 is 4.86. The van der Waals surface area contributed by atoms with Gasteiger partial charge in [0.25, 0.3) is 5.91 Å². The Morgan fingerprint density at radius 1 is 1.48 bits per heavy atom. The molecule has 2 heterocycles. The number of amides is 1. The van der Waals surface area contributed by atoms with Gasteiger partial charge in [-0.1, -0.05) is 22.0 Å². The molecule has 5 nitrogen and oxygen atoms in total. The number of carbonyl (C=O) groups is 1. The van der Waals surface area contributed by atoms with E-state index < -0.39 is 0 Å². The maximum absolute atomic E-state index is 12.4. The van der Waals surface area contributed by atoms with E-state index >= 15 is 0 Å². The van der Waals surface area contributed by atoms with E-state index in [1.807, 2.05) is 32.2 Å². The Hall–Kier alpha value is -1.86. The second kappa shape index (κ2) is 5.16. The zero-order valence-electron chi connectivity index (χ0n) is 11.5. The number of thiophene rings is 1. The van der Waals surface area contributed by atoms with Crippen LogP contribution in [0.25, 0.3) is 10.1 Å². The van der Waals surface area contributed by atoms with Gasteiger partial charge in [-0.25, -0.2) is 0 Å². The molecule has 0 aliphatic rings. The van der Waals surface area contributed by atoms with Crippen LogP contribution in [0, 0.1) is 6.92 Å². The third-order valence-electron chi connectivity index (χ3n) is 3.17. The second-order valence-corrected chi connectivity index (χ2v) is 6.62. The number of aryl methyl sites for hydroxylation is 2. The first-order chi connectivity index (χ1) is 9.97. The number of nitrogen functional groups attached to an aromatic ring is 1. The monoisotopic (exact) mass is 364 g/mol. The highest BCUT2D eigenvalue weighted by atomic mass is 79.9. The number of rotatable bonds is 2. The Labute approximate surface area is 133 Å². The lowest BCUT2D eigenvalue weighted by Gasteiger charge is -2.02. The van der Waals surface area contributed by atoms with E-state index in [0.29, 0.717) is 16.3 Å². The lowest BCUT2D eigenvalue weighted by atomic mass is 10.2. The number of hydrogen-bond donors (Lipinski definition) is 2. The molecule has 0 aliphatic heterocycles. The fourth-order valence-corrected chi connectivity index (χ4v) is 3.95. The molecule has 0 radical (unpaired) electrons. The van der Waals surface area contributed by atoms with Crippen LogP contribution in [0.5, 0.6) is 0 Å². The molecule has 0 saturated heterocycles. The standard InChI is InChI=1S/C14H13BrN4OS/c1-7-9(6-19(2)18-7)17-14(20)13-12(16)11-8(15)4-3-5-10(11)21-13/h3-6H,16H2,1-2H3,(H,17,20). The minimum absolute atomic E-state index is 0.211. The normalized spacial score (nSPS) is 11.0. The number of carbonyl (C=O) groups excluding carboxylic acids is 1. The van der Waals surface area contributed by atoms with Crippen molar-refractivity contribution in [3.05, 3.63) is 39.4 Å². The van der Waals surface area contributed by atoms with Gasteiger partial charge in [0, 0.05) is 27.8 Å². The summed E-state index contributed by atoms with van der Waals surface area (Å²) in [5, 5.41) is 7.95. The van der Waals surface area contributed by atoms with Crippen molar-refractivity contribution in [2.45, 2.75) is 6.92 Å². The van der Waals surface area contributed by atoms with Crippen LogP contribution in [0.3, 0.4) is 0 Å². The van der Waals surface area contributed by atoms with Gasteiger partial charge in [0.05, 0.1) is 17.1 Å². The molecule has 1 aromatic carbocycles. The van der Waals surface area contributed by atoms with Gasteiger partial charge in [-0.15, -0.1) is 11.3 Å². The summed E-state index contributed by atoms with van der Waals surface area (Å²) < 4.78 is 3.54. The predicted molar refractivity (Wildman–Crippen MR) is 89.8 cm³/mol. The van der Waals surface area contributed by atoms with E-state index in [1.54, 1.807) is 10.9 Å². The highest BCUT2D eigenvalue weighted by Gasteiger charge is 2.19. The molecular formula is C14H13BrN4OS. The molecule has 0 spiro atoms. The van der Waals surface area contributed by atoms with E-state index in [9.17, 15) is 4.79 Å². The topological polar surface area (TPSA) is 72.9 Å². The van der Waals surface area contributed by atoms with Gasteiger partial charge >= 0.3 is 0 Å². The van der Waals surface area contributed by atoms with Crippen LogP contribution in [0.15, 0.2) is 28.9 Å². The van der Waals surface area contributed by atoms with Gasteiger partial charge in [-0.3, -0.25) is 9.48 Å². The van der Waals surface area contributed by atoms with Crippen molar-refractivity contribution < 1.29 is 4.79 Å². The number of aromatic nitrogens is 2. The average molecular weight is 365 g/mol. The van der Waals surface area contributed by atoms with Crippen molar-refractivity contribution in [2.24, 2.45) is 7.05 Å². The first-order valence-electron chi connectivity index (χ1n) is 6.25. The summed E-state index contributed by atoms with van der Waals surface area (Å²) in [6.45, 7) is 1.85. The van der Waals surface area contributed by atoms with Crippen molar-refractivity contribution in [1.82, 2.24) is 9.78 Å². The van der Waals surface area contributed by atoms with E-state index in [1.165, 1.54) is 11.3 Å². The molecular weight excluding hydrogens is 352 g/mol. The number of fused-ring (bicyclic) bond motifs is 1. The molecule has 21 heavy (non-hydrogen) atoms. The van der Waals surface area contributed by atoms with Crippen molar-refractivity contribution in [3.8, 4) is 0 Å². The van der Waals surface area contributed by atoms with Crippen LogP contribution in [0.2, 0.25) is 0 Å². The van der Waals surface area contributed by atoms with Crippen LogP contribution < -0.4 is 11.1 Å². The van der Waals surface area contributed by atoms with Crippen molar-refractivity contribution in [2.75, 3.05) is 11.1 Å². The first-order valence-corrected chi connectivity index (χ1v) is 7.86. The van der Waals surface area contributed by atoms with Gasteiger partial charge in [-0.2, -0.15) is 5.10 Å². The smallest absolute Gasteiger partial charge is 0.267 e. The van der Waals surface area contributed by atoms with Crippen molar-refractivity contribution in [1.29, 1.82) is 0 Å². The molecule has 0 aliphatic carbocycles. The third-order valence-corrected chi connectivity index (χ3v) is 5.00. The van der Waals surface area contributed by atoms with E-state index in [2.05, 4.69) is 26.3 Å². The highest BCUT2D eigenvalue weighted by Crippen LogP contribution is 2.38. The number of nitrogens with one attached hydrogen (secondary N) is 1. The number of nitrogens with two attached hydrogens (primary N) is 1. The van der Waals surface area contributed by atoms with E-state index in [-0.39, 0.29) is 5.91 Å². The predicted octanol–water partition coefficient (Wildman–Crippen LogP) is 3.54.